The number of hydrogen-bond acceptors (Lipinski definition) is 4. The van der Waals surface area contributed by atoms with E-state index in [1.54, 1.807) is 18.2 Å². The monoisotopic (exact) mass is 353 g/mol. The zero-order chi connectivity index (χ0) is 18.7. The first-order valence-electron chi connectivity index (χ1n) is 8.36. The molecule has 134 valence electrons. The fourth-order valence-electron chi connectivity index (χ4n) is 2.97. The number of carbonyl (C=O) groups excluding carboxylic acids is 2. The number of hydrogen-bond donors (Lipinski definition) is 0. The first-order chi connectivity index (χ1) is 12.5. The molecule has 0 saturated heterocycles. The highest BCUT2D eigenvalue weighted by molar-refractivity contribution is 6.03. The van der Waals surface area contributed by atoms with E-state index in [9.17, 15) is 19.1 Å². The van der Waals surface area contributed by atoms with Crippen LogP contribution in [-0.4, -0.2) is 22.6 Å². The zero-order valence-corrected chi connectivity index (χ0v) is 14.3. The van der Waals surface area contributed by atoms with Gasteiger partial charge in [-0.15, -0.1) is 0 Å². The normalized spacial score (nSPS) is 16.5. The van der Waals surface area contributed by atoms with Crippen LogP contribution < -0.4 is 5.11 Å². The maximum atomic E-state index is 14.3. The van der Waals surface area contributed by atoms with E-state index in [-0.39, 0.29) is 6.42 Å². The number of amides is 1. The molecule has 0 radical (unpaired) electrons. The van der Waals surface area contributed by atoms with Gasteiger partial charge in [0.15, 0.2) is 0 Å². The standard InChI is InChI=1S/C20H19FN2O3/c1-13-6-8-14(9-7-13)17-12-18(15-4-2-3-5-16(15)21)23(22-17)19(24)10-11-20(25)26/h2-9,18H,10-12H2,1H3,(H,25,26)/p-1/t18-/m0/s1. The molecule has 0 aliphatic carbocycles. The lowest BCUT2D eigenvalue weighted by atomic mass is 9.97. The Kier molecular flexibility index (Phi) is 5.11. The van der Waals surface area contributed by atoms with Crippen LogP contribution in [0.3, 0.4) is 0 Å². The first kappa shape index (κ1) is 17.8. The lowest BCUT2D eigenvalue weighted by Crippen LogP contribution is -2.30. The summed E-state index contributed by atoms with van der Waals surface area (Å²) in [5.41, 5.74) is 2.98. The lowest BCUT2D eigenvalue weighted by molar-refractivity contribution is -0.305. The van der Waals surface area contributed by atoms with Crippen molar-refractivity contribution in [3.63, 3.8) is 0 Å². The molecule has 0 N–H and O–H groups in total. The van der Waals surface area contributed by atoms with Crippen LogP contribution in [0.4, 0.5) is 4.39 Å². The van der Waals surface area contributed by atoms with Crippen LogP contribution >= 0.6 is 0 Å². The van der Waals surface area contributed by atoms with Crippen LogP contribution in [0.1, 0.15) is 42.0 Å². The number of hydrazone groups is 1. The van der Waals surface area contributed by atoms with E-state index in [1.165, 1.54) is 11.1 Å². The highest BCUT2D eigenvalue weighted by Crippen LogP contribution is 2.34. The number of aliphatic carboxylic acids is 1. The van der Waals surface area contributed by atoms with E-state index in [2.05, 4.69) is 5.10 Å². The third kappa shape index (κ3) is 3.79. The van der Waals surface area contributed by atoms with Gasteiger partial charge in [-0.25, -0.2) is 9.40 Å². The Morgan fingerprint density at radius 2 is 1.85 bits per heavy atom. The summed E-state index contributed by atoms with van der Waals surface area (Å²) in [5.74, 6) is -2.19. The van der Waals surface area contributed by atoms with Crippen molar-refractivity contribution < 1.29 is 19.1 Å². The topological polar surface area (TPSA) is 72.8 Å². The van der Waals surface area contributed by atoms with Crippen LogP contribution in [-0.2, 0) is 9.59 Å². The second-order valence-corrected chi connectivity index (χ2v) is 6.26. The highest BCUT2D eigenvalue weighted by Gasteiger charge is 2.34. The molecule has 2 aromatic carbocycles. The number of nitrogens with zero attached hydrogens (tertiary/aromatic N) is 2. The summed E-state index contributed by atoms with van der Waals surface area (Å²) >= 11 is 0. The van der Waals surface area contributed by atoms with Gasteiger partial charge in [0.05, 0.1) is 11.8 Å². The Bertz CT molecular complexity index is 862. The second-order valence-electron chi connectivity index (χ2n) is 6.26. The van der Waals surface area contributed by atoms with Crippen molar-refractivity contribution in [2.24, 2.45) is 5.10 Å². The van der Waals surface area contributed by atoms with Crippen LogP contribution in [0.2, 0.25) is 0 Å². The molecule has 0 bridgehead atoms. The minimum atomic E-state index is -1.30. The summed E-state index contributed by atoms with van der Waals surface area (Å²) in [4.78, 5) is 23.1. The van der Waals surface area contributed by atoms with Crippen LogP contribution in [0, 0.1) is 12.7 Å². The highest BCUT2D eigenvalue weighted by atomic mass is 19.1. The summed E-state index contributed by atoms with van der Waals surface area (Å²) in [6.07, 6.45) is -0.270. The van der Waals surface area contributed by atoms with Crippen molar-refractivity contribution in [1.29, 1.82) is 0 Å². The number of carboxylic acid groups (broad SMARTS) is 1. The number of carbonyl (C=O) groups is 2. The Hall–Kier alpha value is -3.02. The molecule has 0 fully saturated rings. The average molecular weight is 353 g/mol. The second kappa shape index (κ2) is 7.47. The fourth-order valence-corrected chi connectivity index (χ4v) is 2.97. The molecule has 1 heterocycles. The zero-order valence-electron chi connectivity index (χ0n) is 14.3. The van der Waals surface area contributed by atoms with Gasteiger partial charge in [-0.05, 0) is 25.0 Å². The van der Waals surface area contributed by atoms with E-state index < -0.39 is 30.2 Å². The fraction of sp³-hybridized carbons (Fsp3) is 0.250. The third-order valence-corrected chi connectivity index (χ3v) is 4.36. The van der Waals surface area contributed by atoms with E-state index >= 15 is 0 Å². The first-order valence-corrected chi connectivity index (χ1v) is 8.36. The maximum absolute atomic E-state index is 14.3. The molecule has 1 aliphatic rings. The van der Waals surface area contributed by atoms with Gasteiger partial charge in [-0.2, -0.15) is 5.10 Å². The predicted molar refractivity (Wildman–Crippen MR) is 92.6 cm³/mol. The average Bonchev–Trinajstić information content (AvgIpc) is 3.06. The molecule has 0 spiro atoms. The van der Waals surface area contributed by atoms with E-state index in [0.29, 0.717) is 17.7 Å². The SMILES string of the molecule is Cc1ccc(C2=NN(C(=O)CCC(=O)[O-])[C@H](c3ccccc3F)C2)cc1. The van der Waals surface area contributed by atoms with Gasteiger partial charge in [-0.3, -0.25) is 4.79 Å². The minimum absolute atomic E-state index is 0.238. The Morgan fingerprint density at radius 1 is 1.15 bits per heavy atom. The van der Waals surface area contributed by atoms with E-state index in [0.717, 1.165) is 11.1 Å². The Morgan fingerprint density at radius 3 is 2.50 bits per heavy atom. The largest absolute Gasteiger partial charge is 0.550 e. The molecule has 26 heavy (non-hydrogen) atoms. The van der Waals surface area contributed by atoms with Gasteiger partial charge >= 0.3 is 0 Å². The Labute approximate surface area is 150 Å². The predicted octanol–water partition coefficient (Wildman–Crippen LogP) is 2.34. The van der Waals surface area contributed by atoms with Gasteiger partial charge in [0, 0.05) is 24.4 Å². The number of aryl methyl sites for hydroxylation is 1. The summed E-state index contributed by atoms with van der Waals surface area (Å²) < 4.78 is 14.3. The molecular weight excluding hydrogens is 335 g/mol. The lowest BCUT2D eigenvalue weighted by Gasteiger charge is -2.22. The van der Waals surface area contributed by atoms with Gasteiger partial charge < -0.3 is 9.90 Å². The molecule has 0 unspecified atom stereocenters. The van der Waals surface area contributed by atoms with Gasteiger partial charge in [0.2, 0.25) is 5.91 Å². The Balaban J connectivity index is 1.93. The van der Waals surface area contributed by atoms with Gasteiger partial charge in [0.25, 0.3) is 0 Å². The molecule has 6 heteroatoms. The van der Waals surface area contributed by atoms with Crippen LogP contribution in [0.25, 0.3) is 0 Å². The van der Waals surface area contributed by atoms with E-state index in [4.69, 9.17) is 0 Å². The van der Waals surface area contributed by atoms with Gasteiger partial charge in [-0.1, -0.05) is 48.0 Å². The molecule has 5 nitrogen and oxygen atoms in total. The van der Waals surface area contributed by atoms with Crippen molar-refractivity contribution in [1.82, 2.24) is 5.01 Å². The number of benzene rings is 2. The summed E-state index contributed by atoms with van der Waals surface area (Å²) in [6, 6.07) is 13.3. The summed E-state index contributed by atoms with van der Waals surface area (Å²) in [5, 5.41) is 16.3. The van der Waals surface area contributed by atoms with Crippen molar-refractivity contribution >= 4 is 17.6 Å². The molecule has 0 saturated carbocycles. The summed E-state index contributed by atoms with van der Waals surface area (Å²) in [7, 11) is 0. The maximum Gasteiger partial charge on any atom is 0.243 e. The molecule has 3 rings (SSSR count). The third-order valence-electron chi connectivity index (χ3n) is 4.36. The molecule has 1 aliphatic heterocycles. The van der Waals surface area contributed by atoms with Crippen molar-refractivity contribution in [2.45, 2.75) is 32.2 Å². The minimum Gasteiger partial charge on any atom is -0.550 e. The van der Waals surface area contributed by atoms with Crippen molar-refractivity contribution in [3.05, 3.63) is 71.0 Å². The molecule has 0 aromatic heterocycles. The molecule has 1 amide bonds. The van der Waals surface area contributed by atoms with E-state index in [1.807, 2.05) is 31.2 Å². The van der Waals surface area contributed by atoms with Crippen LogP contribution in [0.15, 0.2) is 53.6 Å². The molecule has 2 aromatic rings. The number of halogens is 1. The smallest absolute Gasteiger partial charge is 0.243 e. The molecule has 1 atom stereocenters. The molecular formula is C20H18FN2O3-. The number of carboxylic acids is 1. The van der Waals surface area contributed by atoms with Crippen LogP contribution in [0.5, 0.6) is 0 Å². The van der Waals surface area contributed by atoms with Crippen molar-refractivity contribution in [3.8, 4) is 0 Å². The van der Waals surface area contributed by atoms with Crippen molar-refractivity contribution in [2.75, 3.05) is 0 Å². The number of rotatable bonds is 5. The summed E-state index contributed by atoms with van der Waals surface area (Å²) in [6.45, 7) is 1.97. The van der Waals surface area contributed by atoms with Gasteiger partial charge in [0.1, 0.15) is 5.82 Å². The quantitative estimate of drug-likeness (QED) is 0.828.